The van der Waals surface area contributed by atoms with E-state index < -0.39 is 0 Å². The number of amides is 1. The highest BCUT2D eigenvalue weighted by Gasteiger charge is 2.31. The summed E-state index contributed by atoms with van der Waals surface area (Å²) in [7, 11) is 0. The number of likely N-dealkylation sites (tertiary alicyclic amines) is 1. The largest absolute Gasteiger partial charge is 0.491 e. The van der Waals surface area contributed by atoms with Gasteiger partial charge in [0.15, 0.2) is 0 Å². The number of halogens is 3. The fraction of sp³-hybridized carbons (Fsp3) is 0.588. The zero-order valence-electron chi connectivity index (χ0n) is 13.5. The lowest BCUT2D eigenvalue weighted by Crippen LogP contribution is -2.33. The number of hydrogen-bond donors (Lipinski definition) is 1. The molecule has 0 spiro atoms. The molecule has 2 aliphatic rings. The van der Waals surface area contributed by atoms with Crippen LogP contribution >= 0.6 is 35.6 Å². The SMILES string of the molecule is Cl.O=C(CCOc1cccc(Cl)c1Cl)N1CC[C@@H]2CNC[C@@H]2CC1. The van der Waals surface area contributed by atoms with Gasteiger partial charge in [0.2, 0.25) is 5.91 Å². The molecule has 0 saturated carbocycles. The summed E-state index contributed by atoms with van der Waals surface area (Å²) >= 11 is 12.0. The van der Waals surface area contributed by atoms with E-state index in [1.165, 1.54) is 0 Å². The van der Waals surface area contributed by atoms with E-state index in [2.05, 4.69) is 5.32 Å². The Labute approximate surface area is 159 Å². The lowest BCUT2D eigenvalue weighted by atomic mass is 9.92. The Bertz CT molecular complexity index is 557. The molecule has 134 valence electrons. The third-order valence-electron chi connectivity index (χ3n) is 4.86. The minimum Gasteiger partial charge on any atom is -0.491 e. The molecule has 0 aliphatic carbocycles. The van der Waals surface area contributed by atoms with Crippen molar-refractivity contribution in [2.45, 2.75) is 19.3 Å². The molecule has 0 aromatic heterocycles. The number of rotatable bonds is 4. The van der Waals surface area contributed by atoms with Crippen LogP contribution < -0.4 is 10.1 Å². The molecule has 0 radical (unpaired) electrons. The third-order valence-corrected chi connectivity index (χ3v) is 5.66. The molecule has 2 heterocycles. The summed E-state index contributed by atoms with van der Waals surface area (Å²) in [5, 5.41) is 4.31. The molecule has 0 bridgehead atoms. The number of ether oxygens (including phenoxy) is 1. The van der Waals surface area contributed by atoms with E-state index in [0.29, 0.717) is 28.8 Å². The lowest BCUT2D eigenvalue weighted by molar-refractivity contribution is -0.131. The zero-order chi connectivity index (χ0) is 16.2. The van der Waals surface area contributed by atoms with Crippen molar-refractivity contribution >= 4 is 41.5 Å². The average molecular weight is 394 g/mol. The Hall–Kier alpha value is -0.680. The predicted octanol–water partition coefficient (Wildman–Crippen LogP) is 3.64. The summed E-state index contributed by atoms with van der Waals surface area (Å²) in [6.45, 7) is 4.25. The smallest absolute Gasteiger partial charge is 0.225 e. The Morgan fingerprint density at radius 2 is 1.88 bits per heavy atom. The lowest BCUT2D eigenvalue weighted by Gasteiger charge is -2.21. The number of hydrogen-bond acceptors (Lipinski definition) is 3. The van der Waals surface area contributed by atoms with E-state index in [0.717, 1.165) is 50.9 Å². The molecule has 1 N–H and O–H groups in total. The van der Waals surface area contributed by atoms with Gasteiger partial charge in [-0.05, 0) is 49.9 Å². The highest BCUT2D eigenvalue weighted by molar-refractivity contribution is 6.42. The van der Waals surface area contributed by atoms with Crippen molar-refractivity contribution in [3.05, 3.63) is 28.2 Å². The Morgan fingerprint density at radius 1 is 1.21 bits per heavy atom. The molecule has 7 heteroatoms. The van der Waals surface area contributed by atoms with Crippen LogP contribution in [0.2, 0.25) is 10.0 Å². The van der Waals surface area contributed by atoms with Gasteiger partial charge in [-0.2, -0.15) is 0 Å². The maximum absolute atomic E-state index is 12.4. The number of carbonyl (C=O) groups is 1. The second-order valence-corrected chi connectivity index (χ2v) is 7.07. The first-order valence-electron chi connectivity index (χ1n) is 8.20. The Balaban J connectivity index is 0.00000208. The van der Waals surface area contributed by atoms with Crippen LogP contribution in [0.5, 0.6) is 5.75 Å². The van der Waals surface area contributed by atoms with E-state index in [-0.39, 0.29) is 18.3 Å². The maximum atomic E-state index is 12.4. The summed E-state index contributed by atoms with van der Waals surface area (Å²) < 4.78 is 5.61. The van der Waals surface area contributed by atoms with Crippen LogP contribution in [0, 0.1) is 11.8 Å². The molecule has 2 atom stereocenters. The first-order valence-corrected chi connectivity index (χ1v) is 8.96. The summed E-state index contributed by atoms with van der Waals surface area (Å²) in [5.41, 5.74) is 0. The first kappa shape index (κ1) is 19.6. The topological polar surface area (TPSA) is 41.6 Å². The highest BCUT2D eigenvalue weighted by Crippen LogP contribution is 2.31. The van der Waals surface area contributed by atoms with Crippen LogP contribution in [0.15, 0.2) is 18.2 Å². The minimum atomic E-state index is 0. The van der Waals surface area contributed by atoms with Crippen LogP contribution in [0.1, 0.15) is 19.3 Å². The standard InChI is InChI=1S/C17H22Cl2N2O2.ClH/c18-14-2-1-3-15(17(14)19)23-9-6-16(22)21-7-4-12-10-20-11-13(12)5-8-21;/h1-3,12-13,20H,4-11H2;1H/t12-,13+;. The molecule has 2 fully saturated rings. The van der Waals surface area contributed by atoms with Crippen molar-refractivity contribution in [2.75, 3.05) is 32.8 Å². The van der Waals surface area contributed by atoms with Crippen molar-refractivity contribution in [1.29, 1.82) is 0 Å². The van der Waals surface area contributed by atoms with Gasteiger partial charge in [0.1, 0.15) is 10.8 Å². The predicted molar refractivity (Wildman–Crippen MR) is 99.5 cm³/mol. The van der Waals surface area contributed by atoms with Crippen LogP contribution in [0.3, 0.4) is 0 Å². The van der Waals surface area contributed by atoms with Crippen molar-refractivity contribution in [3.8, 4) is 5.75 Å². The van der Waals surface area contributed by atoms with E-state index in [1.807, 2.05) is 4.90 Å². The first-order chi connectivity index (χ1) is 11.1. The van der Waals surface area contributed by atoms with Crippen molar-refractivity contribution < 1.29 is 9.53 Å². The Kier molecular flexibility index (Phi) is 7.48. The van der Waals surface area contributed by atoms with Gasteiger partial charge >= 0.3 is 0 Å². The van der Waals surface area contributed by atoms with Gasteiger partial charge in [0, 0.05) is 13.1 Å². The summed E-state index contributed by atoms with van der Waals surface area (Å²) in [5.74, 6) is 2.16. The number of fused-ring (bicyclic) bond motifs is 1. The van der Waals surface area contributed by atoms with E-state index in [1.54, 1.807) is 18.2 Å². The van der Waals surface area contributed by atoms with Crippen LogP contribution in [-0.2, 0) is 4.79 Å². The van der Waals surface area contributed by atoms with Crippen molar-refractivity contribution in [1.82, 2.24) is 10.2 Å². The zero-order valence-corrected chi connectivity index (χ0v) is 15.8. The van der Waals surface area contributed by atoms with Crippen LogP contribution in [0.4, 0.5) is 0 Å². The molecule has 4 nitrogen and oxygen atoms in total. The molecule has 3 rings (SSSR count). The number of benzene rings is 1. The van der Waals surface area contributed by atoms with Crippen LogP contribution in [-0.4, -0.2) is 43.6 Å². The van der Waals surface area contributed by atoms with Crippen molar-refractivity contribution in [2.24, 2.45) is 11.8 Å². The number of carbonyl (C=O) groups excluding carboxylic acids is 1. The number of nitrogens with one attached hydrogen (secondary N) is 1. The quantitative estimate of drug-likeness (QED) is 0.849. The minimum absolute atomic E-state index is 0. The third kappa shape index (κ3) is 4.69. The van der Waals surface area contributed by atoms with Gasteiger partial charge < -0.3 is 15.0 Å². The normalized spacial score (nSPS) is 23.2. The summed E-state index contributed by atoms with van der Waals surface area (Å²) in [4.78, 5) is 14.4. The Morgan fingerprint density at radius 3 is 2.54 bits per heavy atom. The molecule has 1 aromatic carbocycles. The van der Waals surface area contributed by atoms with Gasteiger partial charge in [-0.3, -0.25) is 4.79 Å². The van der Waals surface area contributed by atoms with E-state index in [9.17, 15) is 4.79 Å². The van der Waals surface area contributed by atoms with Crippen LogP contribution in [0.25, 0.3) is 0 Å². The second kappa shape index (κ2) is 9.14. The second-order valence-electron chi connectivity index (χ2n) is 6.29. The molecule has 1 amide bonds. The van der Waals surface area contributed by atoms with Gasteiger partial charge in [-0.1, -0.05) is 29.3 Å². The maximum Gasteiger partial charge on any atom is 0.225 e. The monoisotopic (exact) mass is 392 g/mol. The van der Waals surface area contributed by atoms with Gasteiger partial charge in [0.05, 0.1) is 18.1 Å². The molecular formula is C17H23Cl3N2O2. The van der Waals surface area contributed by atoms with Gasteiger partial charge in [-0.15, -0.1) is 12.4 Å². The summed E-state index contributed by atoms with van der Waals surface area (Å²) in [6, 6.07) is 5.26. The molecule has 2 saturated heterocycles. The van der Waals surface area contributed by atoms with Gasteiger partial charge in [0.25, 0.3) is 0 Å². The molecule has 0 unspecified atom stereocenters. The van der Waals surface area contributed by atoms with E-state index >= 15 is 0 Å². The average Bonchev–Trinajstić information content (AvgIpc) is 2.90. The number of nitrogens with zero attached hydrogens (tertiary/aromatic N) is 1. The molecule has 2 aliphatic heterocycles. The molecule has 24 heavy (non-hydrogen) atoms. The fourth-order valence-corrected chi connectivity index (χ4v) is 3.82. The van der Waals surface area contributed by atoms with Crippen molar-refractivity contribution in [3.63, 3.8) is 0 Å². The molecular weight excluding hydrogens is 371 g/mol. The fourth-order valence-electron chi connectivity index (χ4n) is 3.47. The summed E-state index contributed by atoms with van der Waals surface area (Å²) in [6.07, 6.45) is 2.57. The van der Waals surface area contributed by atoms with Gasteiger partial charge in [-0.25, -0.2) is 0 Å². The molecule has 1 aromatic rings. The van der Waals surface area contributed by atoms with E-state index in [4.69, 9.17) is 27.9 Å². The highest BCUT2D eigenvalue weighted by atomic mass is 35.5.